The topological polar surface area (TPSA) is 84.2 Å². The van der Waals surface area contributed by atoms with Crippen molar-refractivity contribution in [3.05, 3.63) is 35.9 Å². The van der Waals surface area contributed by atoms with E-state index >= 15 is 0 Å². The lowest BCUT2D eigenvalue weighted by Crippen LogP contribution is -2.54. The molecule has 27 heavy (non-hydrogen) atoms. The minimum absolute atomic E-state index is 0.0656. The molecular weight excluding hydrogens is 338 g/mol. The SMILES string of the molecule is CC(C)N[C@@H](Cc1ccccc1)C(=O)N[C@@H](CCCCN)C(=O)C(C)(C)C. The van der Waals surface area contributed by atoms with Crippen LogP contribution >= 0.6 is 0 Å². The number of amides is 1. The second-order valence-corrected chi connectivity index (χ2v) is 8.52. The summed E-state index contributed by atoms with van der Waals surface area (Å²) < 4.78 is 0. The van der Waals surface area contributed by atoms with Crippen molar-refractivity contribution in [1.82, 2.24) is 10.6 Å². The van der Waals surface area contributed by atoms with Gasteiger partial charge in [0.05, 0.1) is 12.1 Å². The lowest BCUT2D eigenvalue weighted by Gasteiger charge is -2.28. The number of nitrogens with two attached hydrogens (primary N) is 1. The molecule has 0 fully saturated rings. The third-order valence-corrected chi connectivity index (χ3v) is 4.45. The lowest BCUT2D eigenvalue weighted by atomic mass is 9.84. The molecule has 1 aromatic carbocycles. The highest BCUT2D eigenvalue weighted by molar-refractivity contribution is 5.93. The molecule has 4 N–H and O–H groups in total. The van der Waals surface area contributed by atoms with E-state index in [1.165, 1.54) is 0 Å². The quantitative estimate of drug-likeness (QED) is 0.519. The van der Waals surface area contributed by atoms with Gasteiger partial charge in [-0.3, -0.25) is 9.59 Å². The molecule has 1 aromatic rings. The summed E-state index contributed by atoms with van der Waals surface area (Å²) in [6, 6.07) is 9.25. The first kappa shape index (κ1) is 23.3. The number of unbranched alkanes of at least 4 members (excludes halogenated alkanes) is 1. The Hall–Kier alpha value is -1.72. The number of benzene rings is 1. The number of hydrogen-bond acceptors (Lipinski definition) is 4. The zero-order valence-corrected chi connectivity index (χ0v) is 17.5. The average Bonchev–Trinajstić information content (AvgIpc) is 2.59. The molecular formula is C22H37N3O2. The molecule has 5 heteroatoms. The molecule has 0 heterocycles. The van der Waals surface area contributed by atoms with Gasteiger partial charge in [-0.1, -0.05) is 65.0 Å². The first-order chi connectivity index (χ1) is 12.6. The molecule has 0 saturated carbocycles. The fourth-order valence-corrected chi connectivity index (χ4v) is 3.04. The molecule has 0 aliphatic carbocycles. The third kappa shape index (κ3) is 8.67. The monoisotopic (exact) mass is 375 g/mol. The molecule has 0 unspecified atom stereocenters. The van der Waals surface area contributed by atoms with E-state index in [0.717, 1.165) is 18.4 Å². The average molecular weight is 376 g/mol. The van der Waals surface area contributed by atoms with Gasteiger partial charge in [-0.25, -0.2) is 0 Å². The number of carbonyl (C=O) groups excluding carboxylic acids is 2. The fourth-order valence-electron chi connectivity index (χ4n) is 3.04. The summed E-state index contributed by atoms with van der Waals surface area (Å²) in [6.45, 7) is 10.3. The first-order valence-corrected chi connectivity index (χ1v) is 10.00. The summed E-state index contributed by atoms with van der Waals surface area (Å²) in [5.74, 6) is -0.0567. The number of hydrogen-bond donors (Lipinski definition) is 3. The highest BCUT2D eigenvalue weighted by atomic mass is 16.2. The van der Waals surface area contributed by atoms with Crippen LogP contribution in [0.2, 0.25) is 0 Å². The molecule has 1 rings (SSSR count). The Morgan fingerprint density at radius 3 is 2.19 bits per heavy atom. The van der Waals surface area contributed by atoms with E-state index < -0.39 is 11.5 Å². The van der Waals surface area contributed by atoms with Gasteiger partial charge < -0.3 is 16.4 Å². The van der Waals surface area contributed by atoms with E-state index in [-0.39, 0.29) is 23.8 Å². The van der Waals surface area contributed by atoms with Crippen molar-refractivity contribution in [3.63, 3.8) is 0 Å². The van der Waals surface area contributed by atoms with Crippen molar-refractivity contribution in [3.8, 4) is 0 Å². The summed E-state index contributed by atoms with van der Waals surface area (Å²) in [6.07, 6.45) is 2.88. The number of nitrogens with one attached hydrogen (secondary N) is 2. The zero-order chi connectivity index (χ0) is 20.4. The van der Waals surface area contributed by atoms with Crippen LogP contribution in [0.25, 0.3) is 0 Å². The molecule has 0 radical (unpaired) electrons. The van der Waals surface area contributed by atoms with Crippen LogP contribution in [0.3, 0.4) is 0 Å². The molecule has 0 bridgehead atoms. The van der Waals surface area contributed by atoms with Crippen LogP contribution in [-0.4, -0.2) is 36.4 Å². The van der Waals surface area contributed by atoms with E-state index in [9.17, 15) is 9.59 Å². The molecule has 0 aliphatic rings. The van der Waals surface area contributed by atoms with Gasteiger partial charge in [0.1, 0.15) is 0 Å². The number of carbonyl (C=O) groups is 2. The minimum atomic E-state index is -0.499. The summed E-state index contributed by atoms with van der Waals surface area (Å²) in [7, 11) is 0. The molecule has 0 aliphatic heterocycles. The van der Waals surface area contributed by atoms with Gasteiger partial charge in [0, 0.05) is 11.5 Å². The van der Waals surface area contributed by atoms with Crippen molar-refractivity contribution in [2.75, 3.05) is 6.54 Å². The van der Waals surface area contributed by atoms with E-state index in [2.05, 4.69) is 10.6 Å². The number of ketones is 1. The summed E-state index contributed by atoms with van der Waals surface area (Å²) >= 11 is 0. The van der Waals surface area contributed by atoms with Gasteiger partial charge in [-0.05, 0) is 37.8 Å². The lowest BCUT2D eigenvalue weighted by molar-refractivity contribution is -0.133. The summed E-state index contributed by atoms with van der Waals surface area (Å²) in [5.41, 5.74) is 6.18. The molecule has 0 aromatic heterocycles. The Morgan fingerprint density at radius 2 is 1.67 bits per heavy atom. The van der Waals surface area contributed by atoms with E-state index in [1.807, 2.05) is 65.0 Å². The third-order valence-electron chi connectivity index (χ3n) is 4.45. The van der Waals surface area contributed by atoms with Crippen LogP contribution in [0, 0.1) is 5.41 Å². The van der Waals surface area contributed by atoms with Gasteiger partial charge in [0.2, 0.25) is 5.91 Å². The zero-order valence-electron chi connectivity index (χ0n) is 17.5. The van der Waals surface area contributed by atoms with Crippen LogP contribution < -0.4 is 16.4 Å². The van der Waals surface area contributed by atoms with Gasteiger partial charge in [0.25, 0.3) is 0 Å². The van der Waals surface area contributed by atoms with Gasteiger partial charge in [-0.15, -0.1) is 0 Å². The van der Waals surface area contributed by atoms with Crippen molar-refractivity contribution < 1.29 is 9.59 Å². The normalized spacial score (nSPS) is 14.0. The highest BCUT2D eigenvalue weighted by Crippen LogP contribution is 2.19. The van der Waals surface area contributed by atoms with Crippen LogP contribution in [0.15, 0.2) is 30.3 Å². The van der Waals surface area contributed by atoms with Crippen molar-refractivity contribution >= 4 is 11.7 Å². The van der Waals surface area contributed by atoms with Gasteiger partial charge >= 0.3 is 0 Å². The predicted molar refractivity (Wildman–Crippen MR) is 112 cm³/mol. The number of Topliss-reactive ketones (excluding diaryl/α,β-unsaturated/α-hetero) is 1. The first-order valence-electron chi connectivity index (χ1n) is 10.00. The second-order valence-electron chi connectivity index (χ2n) is 8.52. The molecule has 2 atom stereocenters. The molecule has 0 saturated heterocycles. The fraction of sp³-hybridized carbons (Fsp3) is 0.636. The van der Waals surface area contributed by atoms with Crippen LogP contribution in [0.1, 0.15) is 59.4 Å². The highest BCUT2D eigenvalue weighted by Gasteiger charge is 2.32. The van der Waals surface area contributed by atoms with E-state index in [1.54, 1.807) is 0 Å². The van der Waals surface area contributed by atoms with Crippen molar-refractivity contribution in [2.24, 2.45) is 11.1 Å². The van der Waals surface area contributed by atoms with Gasteiger partial charge in [-0.2, -0.15) is 0 Å². The largest absolute Gasteiger partial charge is 0.345 e. The minimum Gasteiger partial charge on any atom is -0.345 e. The Kier molecular flexibility index (Phi) is 9.67. The van der Waals surface area contributed by atoms with Crippen LogP contribution in [0.5, 0.6) is 0 Å². The maximum absolute atomic E-state index is 13.0. The molecule has 152 valence electrons. The van der Waals surface area contributed by atoms with Crippen LogP contribution in [0.4, 0.5) is 0 Å². The maximum Gasteiger partial charge on any atom is 0.238 e. The Morgan fingerprint density at radius 1 is 1.04 bits per heavy atom. The summed E-state index contributed by atoms with van der Waals surface area (Å²) in [4.78, 5) is 25.8. The Bertz CT molecular complexity index is 579. The Balaban J connectivity index is 2.89. The van der Waals surface area contributed by atoms with E-state index in [0.29, 0.717) is 19.4 Å². The maximum atomic E-state index is 13.0. The smallest absolute Gasteiger partial charge is 0.238 e. The van der Waals surface area contributed by atoms with Gasteiger partial charge in [0.15, 0.2) is 5.78 Å². The standard InChI is InChI=1S/C22H37N3O2/c1-16(2)24-19(15-17-11-7-6-8-12-17)21(27)25-18(13-9-10-14-23)20(26)22(3,4)5/h6-8,11-12,16,18-19,24H,9-10,13-15,23H2,1-5H3,(H,25,27)/t18-,19-/m0/s1. The molecule has 5 nitrogen and oxygen atoms in total. The predicted octanol–water partition coefficient (Wildman–Crippen LogP) is 2.82. The molecule has 1 amide bonds. The van der Waals surface area contributed by atoms with Crippen molar-refractivity contribution in [2.45, 2.75) is 78.4 Å². The summed E-state index contributed by atoms with van der Waals surface area (Å²) in [5, 5.41) is 6.35. The second kappa shape index (κ2) is 11.2. The van der Waals surface area contributed by atoms with Crippen molar-refractivity contribution in [1.29, 1.82) is 0 Å². The van der Waals surface area contributed by atoms with Crippen LogP contribution in [-0.2, 0) is 16.0 Å². The number of rotatable bonds is 11. The van der Waals surface area contributed by atoms with E-state index in [4.69, 9.17) is 5.73 Å². The Labute approximate surface area is 164 Å². The molecule has 0 spiro atoms.